The van der Waals surface area contributed by atoms with E-state index in [4.69, 9.17) is 11.6 Å². The lowest BCUT2D eigenvalue weighted by molar-refractivity contribution is 0.0990. The van der Waals surface area contributed by atoms with Gasteiger partial charge in [0.25, 0.3) is 0 Å². The summed E-state index contributed by atoms with van der Waals surface area (Å²) in [5, 5.41) is 5.11. The number of nitrogens with zero attached hydrogens (tertiary/aromatic N) is 2. The van der Waals surface area contributed by atoms with Crippen LogP contribution in [-0.4, -0.2) is 15.6 Å². The molecule has 1 heterocycles. The zero-order valence-corrected chi connectivity index (χ0v) is 15.7. The van der Waals surface area contributed by atoms with E-state index in [9.17, 15) is 4.79 Å². The molecule has 0 bridgehead atoms. The average molecular weight is 435 g/mol. The van der Waals surface area contributed by atoms with Crippen LogP contribution in [0.15, 0.2) is 27.1 Å². The first kappa shape index (κ1) is 16.7. The van der Waals surface area contributed by atoms with Gasteiger partial charge in [-0.25, -0.2) is 0 Å². The molecule has 0 saturated heterocycles. The highest BCUT2D eigenvalue weighted by atomic mass is 79.9. The summed E-state index contributed by atoms with van der Waals surface area (Å²) in [7, 11) is 0. The van der Waals surface area contributed by atoms with E-state index in [0.29, 0.717) is 17.0 Å². The SMILES string of the molecule is CCc1nn(CC)c(CC(=O)c2ccc(Cl)c(Br)c2)c1Br. The van der Waals surface area contributed by atoms with Crippen molar-refractivity contribution in [3.63, 3.8) is 0 Å². The summed E-state index contributed by atoms with van der Waals surface area (Å²) >= 11 is 12.9. The third kappa shape index (κ3) is 3.58. The molecule has 1 aromatic carbocycles. The van der Waals surface area contributed by atoms with Gasteiger partial charge in [-0.2, -0.15) is 5.10 Å². The van der Waals surface area contributed by atoms with Gasteiger partial charge < -0.3 is 0 Å². The molecule has 0 atom stereocenters. The summed E-state index contributed by atoms with van der Waals surface area (Å²) in [6.45, 7) is 4.81. The molecule has 2 rings (SSSR count). The molecule has 6 heteroatoms. The molecule has 0 aliphatic rings. The Bertz CT molecular complexity index is 683. The van der Waals surface area contributed by atoms with Crippen LogP contribution in [0.3, 0.4) is 0 Å². The number of hydrogen-bond donors (Lipinski definition) is 0. The molecule has 0 aliphatic heterocycles. The van der Waals surface area contributed by atoms with Crippen LogP contribution in [-0.2, 0) is 19.4 Å². The van der Waals surface area contributed by atoms with Crippen molar-refractivity contribution in [2.75, 3.05) is 0 Å². The third-order valence-corrected chi connectivity index (χ3v) is 5.39. The molecule has 0 fully saturated rings. The lowest BCUT2D eigenvalue weighted by Crippen LogP contribution is -2.10. The Morgan fingerprint density at radius 1 is 1.33 bits per heavy atom. The molecular formula is C15H15Br2ClN2O. The number of ketones is 1. The maximum Gasteiger partial charge on any atom is 0.168 e. The topological polar surface area (TPSA) is 34.9 Å². The fourth-order valence-corrected chi connectivity index (χ4v) is 3.31. The Balaban J connectivity index is 2.31. The van der Waals surface area contributed by atoms with Gasteiger partial charge in [0.15, 0.2) is 5.78 Å². The predicted octanol–water partition coefficient (Wildman–Crippen LogP) is 5.07. The summed E-state index contributed by atoms with van der Waals surface area (Å²) in [4.78, 5) is 12.5. The monoisotopic (exact) mass is 432 g/mol. The van der Waals surface area contributed by atoms with Gasteiger partial charge in [0.05, 0.1) is 27.3 Å². The number of halogens is 3. The quantitative estimate of drug-likeness (QED) is 0.616. The summed E-state index contributed by atoms with van der Waals surface area (Å²) in [6.07, 6.45) is 1.15. The van der Waals surface area contributed by atoms with Gasteiger partial charge in [0.1, 0.15) is 0 Å². The number of rotatable bonds is 5. The minimum absolute atomic E-state index is 0.0466. The Kier molecular flexibility index (Phi) is 5.63. The molecule has 1 aromatic heterocycles. The second-order valence-electron chi connectivity index (χ2n) is 4.61. The molecule has 0 unspecified atom stereocenters. The molecule has 112 valence electrons. The van der Waals surface area contributed by atoms with Gasteiger partial charge >= 0.3 is 0 Å². The van der Waals surface area contributed by atoms with Gasteiger partial charge in [-0.05, 0) is 63.4 Å². The van der Waals surface area contributed by atoms with Crippen molar-refractivity contribution in [1.82, 2.24) is 9.78 Å². The van der Waals surface area contributed by atoms with Crippen LogP contribution < -0.4 is 0 Å². The highest BCUT2D eigenvalue weighted by Crippen LogP contribution is 2.26. The lowest BCUT2D eigenvalue weighted by Gasteiger charge is -2.06. The molecule has 0 radical (unpaired) electrons. The molecule has 0 amide bonds. The fraction of sp³-hybridized carbons (Fsp3) is 0.333. The zero-order valence-electron chi connectivity index (χ0n) is 11.8. The van der Waals surface area contributed by atoms with E-state index in [0.717, 1.165) is 33.3 Å². The van der Waals surface area contributed by atoms with E-state index in [1.807, 2.05) is 11.6 Å². The molecule has 0 spiro atoms. The van der Waals surface area contributed by atoms with Crippen molar-refractivity contribution < 1.29 is 4.79 Å². The normalized spacial score (nSPS) is 10.9. The van der Waals surface area contributed by atoms with E-state index < -0.39 is 0 Å². The highest BCUT2D eigenvalue weighted by molar-refractivity contribution is 9.10. The zero-order chi connectivity index (χ0) is 15.6. The van der Waals surface area contributed by atoms with Gasteiger partial charge in [0, 0.05) is 16.6 Å². The van der Waals surface area contributed by atoms with Crippen molar-refractivity contribution in [1.29, 1.82) is 0 Å². The summed E-state index contributed by atoms with van der Waals surface area (Å²) in [6, 6.07) is 5.23. The third-order valence-electron chi connectivity index (χ3n) is 3.26. The van der Waals surface area contributed by atoms with Crippen LogP contribution in [0.5, 0.6) is 0 Å². The second kappa shape index (κ2) is 7.07. The fourth-order valence-electron chi connectivity index (χ4n) is 2.11. The Morgan fingerprint density at radius 3 is 2.62 bits per heavy atom. The van der Waals surface area contributed by atoms with Crippen LogP contribution in [0, 0.1) is 0 Å². The van der Waals surface area contributed by atoms with Crippen molar-refractivity contribution in [3.8, 4) is 0 Å². The summed E-state index contributed by atoms with van der Waals surface area (Å²) in [5.41, 5.74) is 2.54. The van der Waals surface area contributed by atoms with Gasteiger partial charge in [-0.15, -0.1) is 0 Å². The Morgan fingerprint density at radius 2 is 2.05 bits per heavy atom. The summed E-state index contributed by atoms with van der Waals surface area (Å²) in [5.74, 6) is 0.0466. The van der Waals surface area contributed by atoms with E-state index in [1.165, 1.54) is 0 Å². The van der Waals surface area contributed by atoms with Crippen LogP contribution in [0.1, 0.15) is 35.6 Å². The van der Waals surface area contributed by atoms with Crippen molar-refractivity contribution >= 4 is 49.2 Å². The molecule has 0 aliphatic carbocycles. The van der Waals surface area contributed by atoms with Gasteiger partial charge in [-0.3, -0.25) is 9.48 Å². The van der Waals surface area contributed by atoms with Crippen LogP contribution in [0.2, 0.25) is 5.02 Å². The van der Waals surface area contributed by atoms with Crippen LogP contribution >= 0.6 is 43.5 Å². The van der Waals surface area contributed by atoms with E-state index in [1.54, 1.807) is 18.2 Å². The Hall–Kier alpha value is -0.650. The van der Waals surface area contributed by atoms with Crippen molar-refractivity contribution in [2.45, 2.75) is 33.2 Å². The number of hydrogen-bond acceptors (Lipinski definition) is 2. The second-order valence-corrected chi connectivity index (χ2v) is 6.66. The molecule has 2 aromatic rings. The number of benzene rings is 1. The highest BCUT2D eigenvalue weighted by Gasteiger charge is 2.18. The van der Waals surface area contributed by atoms with Gasteiger partial charge in [-0.1, -0.05) is 18.5 Å². The first-order valence-corrected chi connectivity index (χ1v) is 8.66. The maximum atomic E-state index is 12.5. The molecule has 0 saturated carbocycles. The first-order chi connectivity index (χ1) is 9.97. The summed E-state index contributed by atoms with van der Waals surface area (Å²) < 4.78 is 3.55. The molecule has 3 nitrogen and oxygen atoms in total. The van der Waals surface area contributed by atoms with Crippen LogP contribution in [0.4, 0.5) is 0 Å². The number of Topliss-reactive ketones (excluding diaryl/α,β-unsaturated/α-hetero) is 1. The number of aryl methyl sites for hydroxylation is 2. The largest absolute Gasteiger partial charge is 0.294 e. The minimum atomic E-state index is 0.0466. The number of carbonyl (C=O) groups is 1. The van der Waals surface area contributed by atoms with E-state index >= 15 is 0 Å². The molecular weight excluding hydrogens is 419 g/mol. The van der Waals surface area contributed by atoms with E-state index in [-0.39, 0.29) is 5.78 Å². The van der Waals surface area contributed by atoms with Crippen LogP contribution in [0.25, 0.3) is 0 Å². The number of carbonyl (C=O) groups excluding carboxylic acids is 1. The smallest absolute Gasteiger partial charge is 0.168 e. The Labute approximate surface area is 145 Å². The first-order valence-electron chi connectivity index (χ1n) is 6.70. The average Bonchev–Trinajstić information content (AvgIpc) is 2.78. The minimum Gasteiger partial charge on any atom is -0.294 e. The maximum absolute atomic E-state index is 12.5. The standard InChI is InChI=1S/C15H15Br2ClN2O/c1-3-12-15(17)13(20(4-2)19-12)8-14(21)9-5-6-11(18)10(16)7-9/h5-7H,3-4,8H2,1-2H3. The lowest BCUT2D eigenvalue weighted by atomic mass is 10.1. The molecule has 21 heavy (non-hydrogen) atoms. The predicted molar refractivity (Wildman–Crippen MR) is 92.2 cm³/mol. The van der Waals surface area contributed by atoms with Gasteiger partial charge in [0.2, 0.25) is 0 Å². The van der Waals surface area contributed by atoms with E-state index in [2.05, 4.69) is 43.9 Å². The number of aromatic nitrogens is 2. The molecule has 0 N–H and O–H groups in total. The van der Waals surface area contributed by atoms with Crippen molar-refractivity contribution in [3.05, 3.63) is 49.1 Å². The van der Waals surface area contributed by atoms with Crippen molar-refractivity contribution in [2.24, 2.45) is 0 Å².